The molecule has 1 aromatic rings. The highest BCUT2D eigenvalue weighted by Gasteiger charge is 2.14. The minimum Gasteiger partial charge on any atom is -0.355 e. The predicted octanol–water partition coefficient (Wildman–Crippen LogP) is 2.70. The van der Waals surface area contributed by atoms with Crippen LogP contribution in [0.2, 0.25) is 0 Å². The van der Waals surface area contributed by atoms with E-state index in [1.807, 2.05) is 13.8 Å². The van der Waals surface area contributed by atoms with E-state index in [0.29, 0.717) is 12.5 Å². The van der Waals surface area contributed by atoms with Crippen molar-refractivity contribution in [2.45, 2.75) is 33.7 Å². The van der Waals surface area contributed by atoms with E-state index in [1.165, 1.54) is 19.1 Å². The highest BCUT2D eigenvalue weighted by molar-refractivity contribution is 5.78. The van der Waals surface area contributed by atoms with Crippen LogP contribution in [0.4, 0.5) is 8.78 Å². The van der Waals surface area contributed by atoms with E-state index in [4.69, 9.17) is 0 Å². The number of halogens is 2. The van der Waals surface area contributed by atoms with Crippen molar-refractivity contribution < 1.29 is 13.6 Å². The van der Waals surface area contributed by atoms with Gasteiger partial charge in [0, 0.05) is 18.2 Å². The van der Waals surface area contributed by atoms with Crippen molar-refractivity contribution in [3.63, 3.8) is 0 Å². The second kappa shape index (κ2) is 7.33. The topological polar surface area (TPSA) is 41.1 Å². The maximum absolute atomic E-state index is 13.8. The number of carbonyl (C=O) groups excluding carboxylic acids is 1. The molecule has 2 N–H and O–H groups in total. The third kappa shape index (κ3) is 4.89. The van der Waals surface area contributed by atoms with Gasteiger partial charge in [0.25, 0.3) is 0 Å². The number of hydrogen-bond donors (Lipinski definition) is 2. The molecule has 0 fully saturated rings. The van der Waals surface area contributed by atoms with Gasteiger partial charge in [0.1, 0.15) is 11.6 Å². The Morgan fingerprint density at radius 1 is 1.20 bits per heavy atom. The van der Waals surface area contributed by atoms with Crippen LogP contribution in [0.15, 0.2) is 12.1 Å². The van der Waals surface area contributed by atoms with Crippen molar-refractivity contribution in [2.24, 2.45) is 5.92 Å². The molecule has 1 rings (SSSR count). The van der Waals surface area contributed by atoms with Crippen LogP contribution in [-0.2, 0) is 4.79 Å². The van der Waals surface area contributed by atoms with Crippen LogP contribution in [0, 0.1) is 24.5 Å². The Hall–Kier alpha value is -1.49. The van der Waals surface area contributed by atoms with E-state index in [-0.39, 0.29) is 23.6 Å². The van der Waals surface area contributed by atoms with Gasteiger partial charge in [0.05, 0.1) is 6.54 Å². The molecule has 0 radical (unpaired) electrons. The van der Waals surface area contributed by atoms with Gasteiger partial charge in [-0.1, -0.05) is 13.8 Å². The van der Waals surface area contributed by atoms with Crippen LogP contribution in [0.5, 0.6) is 0 Å². The Bertz CT molecular complexity index is 475. The molecule has 0 saturated heterocycles. The van der Waals surface area contributed by atoms with Gasteiger partial charge >= 0.3 is 0 Å². The van der Waals surface area contributed by atoms with Gasteiger partial charge < -0.3 is 10.6 Å². The first-order valence-corrected chi connectivity index (χ1v) is 6.77. The molecule has 0 bridgehead atoms. The van der Waals surface area contributed by atoms with E-state index in [2.05, 4.69) is 10.6 Å². The first-order valence-electron chi connectivity index (χ1n) is 6.77. The van der Waals surface area contributed by atoms with Crippen LogP contribution in [0.25, 0.3) is 0 Å². The van der Waals surface area contributed by atoms with Crippen LogP contribution in [0.3, 0.4) is 0 Å². The summed E-state index contributed by atoms with van der Waals surface area (Å²) >= 11 is 0. The fourth-order valence-corrected chi connectivity index (χ4v) is 1.73. The second-order valence-electron chi connectivity index (χ2n) is 5.42. The molecular formula is C15H22F2N2O. The summed E-state index contributed by atoms with van der Waals surface area (Å²) in [7, 11) is 0. The summed E-state index contributed by atoms with van der Waals surface area (Å²) in [5.74, 6) is -0.690. The Morgan fingerprint density at radius 3 is 2.45 bits per heavy atom. The van der Waals surface area contributed by atoms with E-state index in [1.54, 1.807) is 6.92 Å². The van der Waals surface area contributed by atoms with Gasteiger partial charge in [0.2, 0.25) is 5.91 Å². The minimum atomic E-state index is -0.466. The predicted molar refractivity (Wildman–Crippen MR) is 75.4 cm³/mol. The summed E-state index contributed by atoms with van der Waals surface area (Å²) in [5.41, 5.74) is 0.498. The number of nitrogens with one attached hydrogen (secondary N) is 2. The van der Waals surface area contributed by atoms with Gasteiger partial charge in [-0.3, -0.25) is 4.79 Å². The van der Waals surface area contributed by atoms with Crippen molar-refractivity contribution in [1.82, 2.24) is 10.6 Å². The third-order valence-corrected chi connectivity index (χ3v) is 3.02. The molecule has 3 nitrogen and oxygen atoms in total. The maximum atomic E-state index is 13.8. The quantitative estimate of drug-likeness (QED) is 0.843. The van der Waals surface area contributed by atoms with Gasteiger partial charge in [-0.05, 0) is 37.5 Å². The number of aryl methyl sites for hydroxylation is 1. The first kappa shape index (κ1) is 16.6. The standard InChI is InChI=1S/C15H22F2N2O/c1-9(2)7-19-15(20)8-18-11(4)12-6-13(16)10(3)5-14(12)17/h5-6,9,11,18H,7-8H2,1-4H3,(H,19,20). The van der Waals surface area contributed by atoms with Crippen LogP contribution < -0.4 is 10.6 Å². The first-order chi connectivity index (χ1) is 9.31. The SMILES string of the molecule is Cc1cc(F)c(C(C)NCC(=O)NCC(C)C)cc1F. The molecule has 20 heavy (non-hydrogen) atoms. The van der Waals surface area contributed by atoms with Crippen LogP contribution >= 0.6 is 0 Å². The number of amides is 1. The Balaban J connectivity index is 2.57. The molecule has 0 aliphatic heterocycles. The lowest BCUT2D eigenvalue weighted by atomic mass is 10.1. The van der Waals surface area contributed by atoms with E-state index in [9.17, 15) is 13.6 Å². The number of rotatable bonds is 6. The van der Waals surface area contributed by atoms with Crippen LogP contribution in [0.1, 0.15) is 37.9 Å². The minimum absolute atomic E-state index is 0.0722. The van der Waals surface area contributed by atoms with Crippen molar-refractivity contribution in [1.29, 1.82) is 0 Å². The summed E-state index contributed by atoms with van der Waals surface area (Å²) in [6.07, 6.45) is 0. The zero-order valence-electron chi connectivity index (χ0n) is 12.4. The van der Waals surface area contributed by atoms with E-state index in [0.717, 1.165) is 0 Å². The largest absolute Gasteiger partial charge is 0.355 e. The Morgan fingerprint density at radius 2 is 1.85 bits per heavy atom. The van der Waals surface area contributed by atoms with Gasteiger partial charge in [-0.25, -0.2) is 8.78 Å². The average Bonchev–Trinajstić information content (AvgIpc) is 2.37. The molecule has 0 aromatic heterocycles. The summed E-state index contributed by atoms with van der Waals surface area (Å²) in [4.78, 5) is 11.5. The van der Waals surface area contributed by atoms with Crippen molar-refractivity contribution in [3.05, 3.63) is 34.9 Å². The average molecular weight is 284 g/mol. The summed E-state index contributed by atoms with van der Waals surface area (Å²) < 4.78 is 27.2. The van der Waals surface area contributed by atoms with Gasteiger partial charge in [-0.2, -0.15) is 0 Å². The lowest BCUT2D eigenvalue weighted by Crippen LogP contribution is -2.36. The van der Waals surface area contributed by atoms with Gasteiger partial charge in [-0.15, -0.1) is 0 Å². The fourth-order valence-electron chi connectivity index (χ4n) is 1.73. The zero-order chi connectivity index (χ0) is 15.3. The van der Waals surface area contributed by atoms with Crippen LogP contribution in [-0.4, -0.2) is 19.0 Å². The van der Waals surface area contributed by atoms with E-state index < -0.39 is 17.7 Å². The monoisotopic (exact) mass is 284 g/mol. The summed E-state index contributed by atoms with van der Waals surface area (Å²) in [5, 5.41) is 5.65. The Labute approximate surface area is 118 Å². The molecule has 1 unspecified atom stereocenters. The molecule has 112 valence electrons. The number of carbonyl (C=O) groups is 1. The van der Waals surface area contributed by atoms with E-state index >= 15 is 0 Å². The summed E-state index contributed by atoms with van der Waals surface area (Å²) in [6.45, 7) is 7.88. The molecule has 0 spiro atoms. The lowest BCUT2D eigenvalue weighted by molar-refractivity contribution is -0.120. The molecule has 0 aliphatic rings. The van der Waals surface area contributed by atoms with Crippen molar-refractivity contribution >= 4 is 5.91 Å². The maximum Gasteiger partial charge on any atom is 0.233 e. The molecule has 0 heterocycles. The van der Waals surface area contributed by atoms with Crippen molar-refractivity contribution in [3.8, 4) is 0 Å². The highest BCUT2D eigenvalue weighted by Crippen LogP contribution is 2.20. The fraction of sp³-hybridized carbons (Fsp3) is 0.533. The normalized spacial score (nSPS) is 12.6. The molecular weight excluding hydrogens is 262 g/mol. The molecule has 0 aliphatic carbocycles. The molecule has 0 saturated carbocycles. The van der Waals surface area contributed by atoms with Crippen molar-refractivity contribution in [2.75, 3.05) is 13.1 Å². The number of hydrogen-bond acceptors (Lipinski definition) is 2. The van der Waals surface area contributed by atoms with Gasteiger partial charge in [0.15, 0.2) is 0 Å². The smallest absolute Gasteiger partial charge is 0.233 e. The highest BCUT2D eigenvalue weighted by atomic mass is 19.1. The summed E-state index contributed by atoms with van der Waals surface area (Å²) in [6, 6.07) is 1.91. The second-order valence-corrected chi connectivity index (χ2v) is 5.42. The lowest BCUT2D eigenvalue weighted by Gasteiger charge is -2.16. The molecule has 5 heteroatoms. The molecule has 1 aromatic carbocycles. The third-order valence-electron chi connectivity index (χ3n) is 3.02. The number of benzene rings is 1. The Kier molecular flexibility index (Phi) is 6.07. The zero-order valence-corrected chi connectivity index (χ0v) is 12.4. The molecule has 1 amide bonds. The molecule has 1 atom stereocenters.